The molecule has 3 N–H and O–H groups in total. The predicted molar refractivity (Wildman–Crippen MR) is 130 cm³/mol. The molecule has 0 aliphatic carbocycles. The summed E-state index contributed by atoms with van der Waals surface area (Å²) >= 11 is 6.04. The van der Waals surface area contributed by atoms with Crippen LogP contribution in [0, 0.1) is 0 Å². The molecule has 4 rings (SSSR count). The number of anilines is 2. The molecule has 0 saturated carbocycles. The molecule has 2 aromatic carbocycles. The number of hydrogen-bond acceptors (Lipinski definition) is 4. The smallest absolute Gasteiger partial charge is 0.412 e. The van der Waals surface area contributed by atoms with Crippen LogP contribution in [0.1, 0.15) is 23.7 Å². The summed E-state index contributed by atoms with van der Waals surface area (Å²) < 4.78 is 38.4. The summed E-state index contributed by atoms with van der Waals surface area (Å²) in [6, 6.07) is 12.3. The zero-order valence-corrected chi connectivity index (χ0v) is 20.0. The maximum atomic E-state index is 12.8. The van der Waals surface area contributed by atoms with E-state index in [2.05, 4.69) is 22.1 Å². The zero-order valence-electron chi connectivity index (χ0n) is 17.6. The summed E-state index contributed by atoms with van der Waals surface area (Å²) in [5, 5.41) is 3.69. The van der Waals surface area contributed by atoms with Crippen LogP contribution in [0.5, 0.6) is 0 Å². The van der Waals surface area contributed by atoms with Crippen LogP contribution in [0.25, 0.3) is 11.3 Å². The highest BCUT2D eigenvalue weighted by Crippen LogP contribution is 2.32. The summed E-state index contributed by atoms with van der Waals surface area (Å²) in [5.41, 5.74) is 3.56. The number of alkyl halides is 3. The van der Waals surface area contributed by atoms with Gasteiger partial charge in [0.1, 0.15) is 0 Å². The van der Waals surface area contributed by atoms with Gasteiger partial charge in [-0.25, -0.2) is 9.97 Å². The molecule has 3 aromatic rings. The third kappa shape index (κ3) is 6.71. The minimum atomic E-state index is -4.37. The average molecular weight is 524 g/mol. The molecule has 1 aromatic heterocycles. The van der Waals surface area contributed by atoms with Crippen LogP contribution in [0.3, 0.4) is 0 Å². The number of nitrogens with one attached hydrogen (secondary N) is 1. The van der Waals surface area contributed by atoms with Crippen molar-refractivity contribution >= 4 is 48.1 Å². The summed E-state index contributed by atoms with van der Waals surface area (Å²) in [4.78, 5) is 11.7. The van der Waals surface area contributed by atoms with Crippen molar-refractivity contribution in [3.63, 3.8) is 0 Å². The Morgan fingerprint density at radius 3 is 2.21 bits per heavy atom. The maximum Gasteiger partial charge on any atom is 0.416 e. The number of hydrogen-bond donors (Lipinski definition) is 1. The first kappa shape index (κ1) is 28.9. The fraction of sp³-hybridized carbons (Fsp3) is 0.273. The standard InChI is InChI=1S/C22H20ClF3N4.2ClH.H2O/c1-2-30-12-11-19-18(13-30)20(14-3-7-16(23)8-4-14)29-21(28-19)27-17-9-5-15(6-10-17)22(24,25)26;;;/h3-10H,2,11-13H2,1H3,(H,27,28,29);2*1H;1H2. The van der Waals surface area contributed by atoms with Crippen LogP contribution in [0.2, 0.25) is 5.02 Å². The number of rotatable bonds is 4. The molecule has 0 spiro atoms. The quantitative estimate of drug-likeness (QED) is 0.458. The molecule has 1 aliphatic heterocycles. The molecule has 1 aliphatic rings. The Kier molecular flexibility index (Phi) is 10.4. The molecular weight excluding hydrogens is 500 g/mol. The molecule has 180 valence electrons. The van der Waals surface area contributed by atoms with Crippen molar-refractivity contribution in [3.8, 4) is 11.3 Å². The van der Waals surface area contributed by atoms with Crippen LogP contribution < -0.4 is 5.32 Å². The highest BCUT2D eigenvalue weighted by Gasteiger charge is 2.30. The van der Waals surface area contributed by atoms with E-state index in [0.29, 0.717) is 16.7 Å². The largest absolute Gasteiger partial charge is 0.416 e. The lowest BCUT2D eigenvalue weighted by Crippen LogP contribution is -2.31. The monoisotopic (exact) mass is 522 g/mol. The molecule has 0 bridgehead atoms. The van der Waals surface area contributed by atoms with Gasteiger partial charge in [0.05, 0.1) is 17.0 Å². The van der Waals surface area contributed by atoms with Crippen molar-refractivity contribution in [2.75, 3.05) is 18.4 Å². The molecule has 11 heteroatoms. The van der Waals surface area contributed by atoms with Gasteiger partial charge in [-0.1, -0.05) is 30.7 Å². The van der Waals surface area contributed by atoms with E-state index in [0.717, 1.165) is 60.7 Å². The second kappa shape index (κ2) is 11.9. The van der Waals surface area contributed by atoms with Gasteiger partial charge < -0.3 is 10.8 Å². The van der Waals surface area contributed by atoms with Crippen molar-refractivity contribution in [1.82, 2.24) is 14.9 Å². The summed E-state index contributed by atoms with van der Waals surface area (Å²) in [7, 11) is 0. The Balaban J connectivity index is 0.00000181. The summed E-state index contributed by atoms with van der Waals surface area (Å²) in [5.74, 6) is 0.364. The number of benzene rings is 2. The lowest BCUT2D eigenvalue weighted by molar-refractivity contribution is -0.137. The van der Waals surface area contributed by atoms with Crippen LogP contribution >= 0.6 is 36.4 Å². The van der Waals surface area contributed by atoms with Crippen molar-refractivity contribution in [1.29, 1.82) is 0 Å². The van der Waals surface area contributed by atoms with Gasteiger partial charge in [-0.05, 0) is 42.9 Å². The maximum absolute atomic E-state index is 12.8. The lowest BCUT2D eigenvalue weighted by atomic mass is 9.99. The van der Waals surface area contributed by atoms with Crippen LogP contribution in [0.15, 0.2) is 48.5 Å². The summed E-state index contributed by atoms with van der Waals surface area (Å²) in [6.07, 6.45) is -3.58. The van der Waals surface area contributed by atoms with Crippen LogP contribution in [0.4, 0.5) is 24.8 Å². The molecule has 33 heavy (non-hydrogen) atoms. The molecule has 0 amide bonds. The van der Waals surface area contributed by atoms with E-state index in [1.54, 1.807) is 0 Å². The first-order valence-corrected chi connectivity index (χ1v) is 10.0. The molecule has 0 fully saturated rings. The molecule has 0 radical (unpaired) electrons. The Bertz CT molecular complexity index is 1050. The van der Waals surface area contributed by atoms with Gasteiger partial charge >= 0.3 is 6.18 Å². The van der Waals surface area contributed by atoms with E-state index in [4.69, 9.17) is 16.6 Å². The average Bonchev–Trinajstić information content (AvgIpc) is 2.73. The zero-order chi connectivity index (χ0) is 21.3. The third-order valence-corrected chi connectivity index (χ3v) is 5.42. The van der Waals surface area contributed by atoms with Crippen molar-refractivity contribution in [2.24, 2.45) is 0 Å². The van der Waals surface area contributed by atoms with Gasteiger partial charge in [0.2, 0.25) is 5.95 Å². The lowest BCUT2D eigenvalue weighted by Gasteiger charge is -2.28. The van der Waals surface area contributed by atoms with Crippen LogP contribution in [-0.2, 0) is 19.1 Å². The van der Waals surface area contributed by atoms with Crippen LogP contribution in [-0.4, -0.2) is 33.4 Å². The molecule has 0 unspecified atom stereocenters. The fourth-order valence-electron chi connectivity index (χ4n) is 3.51. The number of aromatic nitrogens is 2. The molecule has 5 nitrogen and oxygen atoms in total. The van der Waals surface area contributed by atoms with E-state index in [1.165, 1.54) is 12.1 Å². The second-order valence-electron chi connectivity index (χ2n) is 7.15. The van der Waals surface area contributed by atoms with E-state index in [9.17, 15) is 13.2 Å². The topological polar surface area (TPSA) is 72.6 Å². The molecule has 0 saturated heterocycles. The Labute approximate surface area is 207 Å². The van der Waals surface area contributed by atoms with Gasteiger partial charge in [0.25, 0.3) is 0 Å². The first-order chi connectivity index (χ1) is 14.3. The van der Waals surface area contributed by atoms with Crippen molar-refractivity contribution in [2.45, 2.75) is 26.1 Å². The number of halogens is 6. The van der Waals surface area contributed by atoms with Gasteiger partial charge in [0.15, 0.2) is 0 Å². The number of fused-ring (bicyclic) bond motifs is 1. The third-order valence-electron chi connectivity index (χ3n) is 5.17. The van der Waals surface area contributed by atoms with E-state index < -0.39 is 11.7 Å². The highest BCUT2D eigenvalue weighted by atomic mass is 35.5. The van der Waals surface area contributed by atoms with E-state index in [1.807, 2.05) is 24.3 Å². The first-order valence-electron chi connectivity index (χ1n) is 9.66. The summed E-state index contributed by atoms with van der Waals surface area (Å²) in [6.45, 7) is 4.71. The predicted octanol–water partition coefficient (Wildman–Crippen LogP) is 5.96. The van der Waals surface area contributed by atoms with Gasteiger partial charge in [-0.15, -0.1) is 24.8 Å². The highest BCUT2D eigenvalue weighted by molar-refractivity contribution is 6.30. The molecule has 2 heterocycles. The van der Waals surface area contributed by atoms with Crippen molar-refractivity contribution < 1.29 is 18.6 Å². The Morgan fingerprint density at radius 2 is 1.64 bits per heavy atom. The Morgan fingerprint density at radius 1 is 1.00 bits per heavy atom. The number of likely N-dealkylation sites (N-methyl/N-ethyl adjacent to an activating group) is 1. The second-order valence-corrected chi connectivity index (χ2v) is 7.58. The number of nitrogens with zero attached hydrogens (tertiary/aromatic N) is 3. The van der Waals surface area contributed by atoms with Gasteiger partial charge in [-0.2, -0.15) is 13.2 Å². The van der Waals surface area contributed by atoms with Gasteiger partial charge in [-0.3, -0.25) is 4.90 Å². The Hall–Kier alpha value is -2.10. The SMILES string of the molecule is CCN1CCc2nc(Nc3ccc(C(F)(F)F)cc3)nc(-c3ccc(Cl)cc3)c2C1.Cl.Cl.O. The van der Waals surface area contributed by atoms with Gasteiger partial charge in [0, 0.05) is 41.3 Å². The normalized spacial score (nSPS) is 13.1. The fourth-order valence-corrected chi connectivity index (χ4v) is 3.64. The van der Waals surface area contributed by atoms with Crippen molar-refractivity contribution in [3.05, 3.63) is 70.4 Å². The van der Waals surface area contributed by atoms with E-state index >= 15 is 0 Å². The molecule has 0 atom stereocenters. The minimum Gasteiger partial charge on any atom is -0.412 e. The molecular formula is C22H24Cl3F3N4O. The minimum absolute atomic E-state index is 0. The van der Waals surface area contributed by atoms with E-state index in [-0.39, 0.29) is 30.3 Å².